The van der Waals surface area contributed by atoms with Gasteiger partial charge in [-0.05, 0) is 37.0 Å². The monoisotopic (exact) mass is 392 g/mol. The number of amides is 2. The number of nitrogens with one attached hydrogen (secondary N) is 1. The maximum absolute atomic E-state index is 13.0. The third-order valence-corrected chi connectivity index (χ3v) is 6.51. The second-order valence-electron chi connectivity index (χ2n) is 8.13. The number of fused-ring (bicyclic) bond motifs is 1. The van der Waals surface area contributed by atoms with Gasteiger partial charge in [-0.15, -0.1) is 0 Å². The van der Waals surface area contributed by atoms with Crippen LogP contribution >= 0.6 is 0 Å². The van der Waals surface area contributed by atoms with Crippen LogP contribution in [-0.4, -0.2) is 41.0 Å². The fourth-order valence-electron chi connectivity index (χ4n) is 5.03. The number of piperidine rings is 1. The highest BCUT2D eigenvalue weighted by molar-refractivity contribution is 5.96. The van der Waals surface area contributed by atoms with E-state index in [1.807, 2.05) is 41.3 Å². The van der Waals surface area contributed by atoms with E-state index in [0.29, 0.717) is 18.5 Å². The van der Waals surface area contributed by atoms with Crippen LogP contribution in [0.3, 0.4) is 0 Å². The number of carbonyl (C=O) groups excluding carboxylic acids is 2. The maximum atomic E-state index is 13.0. The average molecular weight is 392 g/mol. The highest BCUT2D eigenvalue weighted by Gasteiger charge is 2.50. The lowest BCUT2D eigenvalue weighted by Crippen LogP contribution is -2.60. The minimum absolute atomic E-state index is 0.0132. The first kappa shape index (κ1) is 19.6. The van der Waals surface area contributed by atoms with Crippen molar-refractivity contribution >= 4 is 11.8 Å². The summed E-state index contributed by atoms with van der Waals surface area (Å²) in [4.78, 5) is 27.1. The molecule has 0 radical (unpaired) electrons. The van der Waals surface area contributed by atoms with Crippen LogP contribution in [0.2, 0.25) is 0 Å². The number of benzene rings is 2. The molecule has 5 heteroatoms. The van der Waals surface area contributed by atoms with E-state index < -0.39 is 5.60 Å². The summed E-state index contributed by atoms with van der Waals surface area (Å²) in [6.45, 7) is 0.493. The van der Waals surface area contributed by atoms with E-state index in [2.05, 4.69) is 5.32 Å². The molecule has 3 atom stereocenters. The molecule has 1 aliphatic heterocycles. The maximum Gasteiger partial charge on any atom is 0.251 e. The topological polar surface area (TPSA) is 69.6 Å². The van der Waals surface area contributed by atoms with E-state index in [0.717, 1.165) is 31.2 Å². The Hall–Kier alpha value is -2.66. The number of nitrogens with zero attached hydrogens (tertiary/aromatic N) is 1. The molecule has 1 saturated carbocycles. The van der Waals surface area contributed by atoms with Crippen molar-refractivity contribution in [3.8, 4) is 0 Å². The van der Waals surface area contributed by atoms with Gasteiger partial charge in [0, 0.05) is 24.1 Å². The lowest BCUT2D eigenvalue weighted by atomic mass is 9.66. The normalized spacial score (nSPS) is 26.4. The Balaban J connectivity index is 1.46. The molecule has 2 N–H and O–H groups in total. The zero-order valence-corrected chi connectivity index (χ0v) is 16.6. The Bertz CT molecular complexity index is 855. The van der Waals surface area contributed by atoms with Crippen LogP contribution in [0.1, 0.15) is 48.0 Å². The van der Waals surface area contributed by atoms with Crippen LogP contribution in [0.4, 0.5) is 0 Å². The minimum atomic E-state index is -0.892. The standard InChI is InChI=1S/C24H28N2O3/c27-22(17-25-23(28)18-9-3-1-4-10-18)26-16-15-24(29,19-11-5-2-6-12-19)20-13-7-8-14-21(20)26/h1-6,9-12,20-21,29H,7-8,13-17H2,(H,25,28)/t20-,21+,24+/m0/s1. The van der Waals surface area contributed by atoms with Crippen LogP contribution < -0.4 is 5.32 Å². The number of hydrogen-bond donors (Lipinski definition) is 2. The van der Waals surface area contributed by atoms with Crippen LogP contribution in [0.25, 0.3) is 0 Å². The number of hydrogen-bond acceptors (Lipinski definition) is 3. The van der Waals surface area contributed by atoms with E-state index in [-0.39, 0.29) is 30.3 Å². The van der Waals surface area contributed by atoms with Gasteiger partial charge in [0.25, 0.3) is 5.91 Å². The highest BCUT2D eigenvalue weighted by Crippen LogP contribution is 2.46. The Kier molecular flexibility index (Phi) is 5.67. The van der Waals surface area contributed by atoms with E-state index in [1.165, 1.54) is 0 Å². The SMILES string of the molecule is O=C(NCC(=O)N1CC[C@@](O)(c2ccccc2)[C@H]2CCCC[C@H]21)c1ccccc1. The first-order chi connectivity index (χ1) is 14.1. The number of carbonyl (C=O) groups is 2. The molecule has 1 heterocycles. The van der Waals surface area contributed by atoms with Crippen molar-refractivity contribution in [2.45, 2.75) is 43.7 Å². The van der Waals surface area contributed by atoms with E-state index in [9.17, 15) is 14.7 Å². The van der Waals surface area contributed by atoms with Gasteiger partial charge in [0.2, 0.25) is 5.91 Å². The summed E-state index contributed by atoms with van der Waals surface area (Å²) in [5.74, 6) is -0.278. The number of rotatable bonds is 4. The fourth-order valence-corrected chi connectivity index (χ4v) is 5.03. The summed E-state index contributed by atoms with van der Waals surface area (Å²) >= 11 is 0. The van der Waals surface area contributed by atoms with Gasteiger partial charge in [-0.1, -0.05) is 61.4 Å². The van der Waals surface area contributed by atoms with E-state index in [4.69, 9.17) is 0 Å². The first-order valence-electron chi connectivity index (χ1n) is 10.5. The molecule has 1 aliphatic carbocycles. The van der Waals surface area contributed by atoms with Crippen molar-refractivity contribution in [3.63, 3.8) is 0 Å². The largest absolute Gasteiger partial charge is 0.385 e. The zero-order chi connectivity index (χ0) is 20.3. The van der Waals surface area contributed by atoms with Gasteiger partial charge in [-0.3, -0.25) is 9.59 Å². The van der Waals surface area contributed by atoms with Crippen LogP contribution in [-0.2, 0) is 10.4 Å². The molecule has 0 spiro atoms. The zero-order valence-electron chi connectivity index (χ0n) is 16.6. The minimum Gasteiger partial charge on any atom is -0.385 e. The summed E-state index contributed by atoms with van der Waals surface area (Å²) in [6.07, 6.45) is 4.47. The van der Waals surface area contributed by atoms with Gasteiger partial charge in [0.15, 0.2) is 0 Å². The third kappa shape index (κ3) is 3.92. The third-order valence-electron chi connectivity index (χ3n) is 6.51. The van der Waals surface area contributed by atoms with Crippen molar-refractivity contribution in [1.29, 1.82) is 0 Å². The molecule has 0 aromatic heterocycles. The number of aliphatic hydroxyl groups is 1. The molecule has 4 rings (SSSR count). The van der Waals surface area contributed by atoms with Gasteiger partial charge in [0.1, 0.15) is 0 Å². The lowest BCUT2D eigenvalue weighted by Gasteiger charge is -2.52. The molecule has 0 bridgehead atoms. The van der Waals surface area contributed by atoms with Crippen molar-refractivity contribution in [2.75, 3.05) is 13.1 Å². The van der Waals surface area contributed by atoms with Crippen molar-refractivity contribution < 1.29 is 14.7 Å². The molecule has 152 valence electrons. The predicted molar refractivity (Wildman–Crippen MR) is 111 cm³/mol. The Morgan fingerprint density at radius 2 is 1.66 bits per heavy atom. The summed E-state index contributed by atoms with van der Waals surface area (Å²) in [7, 11) is 0. The Morgan fingerprint density at radius 1 is 1.00 bits per heavy atom. The summed E-state index contributed by atoms with van der Waals surface area (Å²) in [5, 5.41) is 14.3. The molecule has 0 unspecified atom stereocenters. The van der Waals surface area contributed by atoms with E-state index in [1.54, 1.807) is 24.3 Å². The molecule has 2 aromatic carbocycles. The lowest BCUT2D eigenvalue weighted by molar-refractivity contribution is -0.153. The Labute approximate surface area is 171 Å². The van der Waals surface area contributed by atoms with E-state index >= 15 is 0 Å². The van der Waals surface area contributed by atoms with Gasteiger partial charge in [-0.2, -0.15) is 0 Å². The highest BCUT2D eigenvalue weighted by atomic mass is 16.3. The van der Waals surface area contributed by atoms with Gasteiger partial charge in [0.05, 0.1) is 12.1 Å². The fraction of sp³-hybridized carbons (Fsp3) is 0.417. The van der Waals surface area contributed by atoms with Gasteiger partial charge < -0.3 is 15.3 Å². The smallest absolute Gasteiger partial charge is 0.251 e. The molecular weight excluding hydrogens is 364 g/mol. The van der Waals surface area contributed by atoms with Crippen LogP contribution in [0.5, 0.6) is 0 Å². The molecule has 29 heavy (non-hydrogen) atoms. The van der Waals surface area contributed by atoms with Crippen molar-refractivity contribution in [1.82, 2.24) is 10.2 Å². The second kappa shape index (κ2) is 8.37. The second-order valence-corrected chi connectivity index (χ2v) is 8.13. The van der Waals surface area contributed by atoms with Gasteiger partial charge >= 0.3 is 0 Å². The molecule has 2 aromatic rings. The molecule has 5 nitrogen and oxygen atoms in total. The molecule has 2 amide bonds. The van der Waals surface area contributed by atoms with Gasteiger partial charge in [-0.25, -0.2) is 0 Å². The Morgan fingerprint density at radius 3 is 2.38 bits per heavy atom. The van der Waals surface area contributed by atoms with Crippen molar-refractivity contribution in [2.24, 2.45) is 5.92 Å². The van der Waals surface area contributed by atoms with Crippen LogP contribution in [0, 0.1) is 5.92 Å². The summed E-state index contributed by atoms with van der Waals surface area (Å²) < 4.78 is 0. The molecule has 2 aliphatic rings. The molecule has 1 saturated heterocycles. The van der Waals surface area contributed by atoms with Crippen molar-refractivity contribution in [3.05, 3.63) is 71.8 Å². The average Bonchev–Trinajstić information content (AvgIpc) is 2.79. The summed E-state index contributed by atoms with van der Waals surface area (Å²) in [5.41, 5.74) is 0.602. The van der Waals surface area contributed by atoms with Crippen LogP contribution in [0.15, 0.2) is 60.7 Å². The predicted octanol–water partition coefficient (Wildman–Crippen LogP) is 3.10. The summed E-state index contributed by atoms with van der Waals surface area (Å²) in [6, 6.07) is 18.8. The number of likely N-dealkylation sites (tertiary alicyclic amines) is 1. The molecule has 2 fully saturated rings. The quantitative estimate of drug-likeness (QED) is 0.840. The first-order valence-corrected chi connectivity index (χ1v) is 10.5. The molecular formula is C24H28N2O3.